The van der Waals surface area contributed by atoms with Crippen LogP contribution in [0.2, 0.25) is 0 Å². The molecule has 0 saturated carbocycles. The van der Waals surface area contributed by atoms with Gasteiger partial charge in [-0.3, -0.25) is 4.79 Å². The van der Waals surface area contributed by atoms with Crippen LogP contribution >= 0.6 is 0 Å². The number of nitrogens with zero attached hydrogens (tertiary/aromatic N) is 4. The maximum atomic E-state index is 13.0. The molecule has 4 heterocycles. The van der Waals surface area contributed by atoms with E-state index in [0.717, 1.165) is 36.3 Å². The van der Waals surface area contributed by atoms with Crippen LogP contribution in [0, 0.1) is 18.3 Å². The van der Waals surface area contributed by atoms with Crippen molar-refractivity contribution < 1.29 is 5.11 Å². The van der Waals surface area contributed by atoms with Crippen LogP contribution in [0.1, 0.15) is 23.7 Å². The summed E-state index contributed by atoms with van der Waals surface area (Å²) in [6.45, 7) is 3.52. The fraction of sp³-hybridized carbons (Fsp3) is 0.227. The van der Waals surface area contributed by atoms with E-state index in [1.165, 1.54) is 0 Å². The minimum Gasteiger partial charge on any atom is -0.507 e. The molecule has 2 N–H and O–H groups in total. The molecule has 7 nitrogen and oxygen atoms in total. The third-order valence-corrected chi connectivity index (χ3v) is 5.56. The Balaban J connectivity index is 1.69. The van der Waals surface area contributed by atoms with Gasteiger partial charge in [0.1, 0.15) is 11.8 Å². The molecule has 7 heteroatoms. The average Bonchev–Trinajstić information content (AvgIpc) is 3.35. The van der Waals surface area contributed by atoms with E-state index in [4.69, 9.17) is 0 Å². The van der Waals surface area contributed by atoms with E-state index in [9.17, 15) is 15.2 Å². The maximum Gasteiger partial charge on any atom is 0.262 e. The number of imidazole rings is 1. The van der Waals surface area contributed by atoms with Gasteiger partial charge in [-0.15, -0.1) is 0 Å². The van der Waals surface area contributed by atoms with Crippen LogP contribution in [0.15, 0.2) is 47.7 Å². The fourth-order valence-corrected chi connectivity index (χ4v) is 4.16. The van der Waals surface area contributed by atoms with Crippen molar-refractivity contribution >= 4 is 16.4 Å². The van der Waals surface area contributed by atoms with Crippen LogP contribution in [0.4, 0.5) is 0 Å². The summed E-state index contributed by atoms with van der Waals surface area (Å²) in [6.07, 6.45) is 6.43. The van der Waals surface area contributed by atoms with Gasteiger partial charge in [0.2, 0.25) is 0 Å². The van der Waals surface area contributed by atoms with Crippen molar-refractivity contribution in [2.24, 2.45) is 0 Å². The van der Waals surface area contributed by atoms with Gasteiger partial charge in [0.05, 0.1) is 22.7 Å². The highest BCUT2D eigenvalue weighted by atomic mass is 16.3. The van der Waals surface area contributed by atoms with Gasteiger partial charge >= 0.3 is 0 Å². The van der Waals surface area contributed by atoms with E-state index in [1.807, 2.05) is 35.9 Å². The summed E-state index contributed by atoms with van der Waals surface area (Å²) >= 11 is 0. The number of nitriles is 1. The van der Waals surface area contributed by atoms with E-state index in [0.29, 0.717) is 22.0 Å². The monoisotopic (exact) mass is 385 g/mol. The summed E-state index contributed by atoms with van der Waals surface area (Å²) in [6, 6.07) is 9.38. The van der Waals surface area contributed by atoms with E-state index in [2.05, 4.69) is 16.4 Å². The van der Waals surface area contributed by atoms with Crippen molar-refractivity contribution in [1.29, 1.82) is 5.26 Å². The second-order valence-corrected chi connectivity index (χ2v) is 7.50. The number of phenolic OH excluding ortho intramolecular Hbond substituents is 1. The molecular formula is C22H19N5O2. The minimum atomic E-state index is -0.182. The smallest absolute Gasteiger partial charge is 0.262 e. The number of nitrogens with one attached hydrogen (secondary N) is 1. The number of rotatable bonds is 2. The predicted molar refractivity (Wildman–Crippen MR) is 110 cm³/mol. The van der Waals surface area contributed by atoms with Crippen LogP contribution in [-0.4, -0.2) is 32.1 Å². The van der Waals surface area contributed by atoms with Gasteiger partial charge in [-0.1, -0.05) is 0 Å². The Kier molecular flexibility index (Phi) is 3.89. The molecule has 0 spiro atoms. The maximum absolute atomic E-state index is 13.0. The highest BCUT2D eigenvalue weighted by molar-refractivity contribution is 5.92. The van der Waals surface area contributed by atoms with Gasteiger partial charge in [0.15, 0.2) is 5.65 Å². The van der Waals surface area contributed by atoms with E-state index in [-0.39, 0.29) is 17.4 Å². The Morgan fingerprint density at radius 2 is 2.14 bits per heavy atom. The third kappa shape index (κ3) is 2.77. The molecule has 144 valence electrons. The Morgan fingerprint density at radius 1 is 1.28 bits per heavy atom. The fourth-order valence-electron chi connectivity index (χ4n) is 4.16. The molecule has 1 aliphatic heterocycles. The largest absolute Gasteiger partial charge is 0.507 e. The van der Waals surface area contributed by atoms with Crippen LogP contribution in [-0.2, 0) is 0 Å². The molecule has 5 rings (SSSR count). The van der Waals surface area contributed by atoms with Crippen LogP contribution < -0.4 is 10.9 Å². The summed E-state index contributed by atoms with van der Waals surface area (Å²) in [4.78, 5) is 17.4. The lowest BCUT2D eigenvalue weighted by atomic mass is 10.0. The molecule has 1 aliphatic rings. The quantitative estimate of drug-likeness (QED) is 0.553. The number of pyridine rings is 2. The second kappa shape index (κ2) is 6.47. The normalized spacial score (nSPS) is 16.5. The van der Waals surface area contributed by atoms with Gasteiger partial charge in [-0.05, 0) is 60.7 Å². The summed E-state index contributed by atoms with van der Waals surface area (Å²) in [5, 5.41) is 24.5. The number of phenols is 1. The molecule has 29 heavy (non-hydrogen) atoms. The molecule has 0 aliphatic carbocycles. The SMILES string of the molecule is Cc1cn2cc(-c3cc(O)c4c(=O)n(C5CCNC5)ccc4c3)cc(C#N)c2n1. The van der Waals surface area contributed by atoms with E-state index >= 15 is 0 Å². The first-order chi connectivity index (χ1) is 14.0. The first-order valence-electron chi connectivity index (χ1n) is 9.53. The molecule has 1 saturated heterocycles. The number of hydrogen-bond acceptors (Lipinski definition) is 5. The lowest BCUT2D eigenvalue weighted by Gasteiger charge is -2.15. The molecule has 1 fully saturated rings. The molecule has 0 amide bonds. The number of hydrogen-bond donors (Lipinski definition) is 2. The number of aromatic hydroxyl groups is 1. The van der Waals surface area contributed by atoms with Gasteiger partial charge in [0.25, 0.3) is 5.56 Å². The van der Waals surface area contributed by atoms with Crippen molar-refractivity contribution in [3.8, 4) is 22.9 Å². The molecule has 0 radical (unpaired) electrons. The van der Waals surface area contributed by atoms with Gasteiger partial charge in [-0.2, -0.15) is 5.26 Å². The van der Waals surface area contributed by atoms with Crippen molar-refractivity contribution in [3.05, 3.63) is 64.5 Å². The number of aryl methyl sites for hydroxylation is 1. The Labute approximate surface area is 166 Å². The van der Waals surface area contributed by atoms with E-state index < -0.39 is 0 Å². The second-order valence-electron chi connectivity index (χ2n) is 7.50. The van der Waals surface area contributed by atoms with Crippen LogP contribution in [0.5, 0.6) is 5.75 Å². The number of aromatic nitrogens is 3. The summed E-state index contributed by atoms with van der Waals surface area (Å²) in [5.74, 6) is -0.0526. The molecular weight excluding hydrogens is 366 g/mol. The highest BCUT2D eigenvalue weighted by Gasteiger charge is 2.20. The lowest BCUT2D eigenvalue weighted by Crippen LogP contribution is -2.25. The minimum absolute atomic E-state index is 0.0526. The molecule has 1 atom stereocenters. The van der Waals surface area contributed by atoms with Crippen molar-refractivity contribution in [1.82, 2.24) is 19.3 Å². The van der Waals surface area contributed by atoms with Crippen LogP contribution in [0.3, 0.4) is 0 Å². The molecule has 1 unspecified atom stereocenters. The first kappa shape index (κ1) is 17.5. The number of benzene rings is 1. The zero-order chi connectivity index (χ0) is 20.1. The lowest BCUT2D eigenvalue weighted by molar-refractivity contribution is 0.479. The standard InChI is InChI=1S/C22H19N5O2/c1-13-11-26-12-17(7-16(9-23)21(26)25-13)15-6-14-3-5-27(18-2-4-24-10-18)22(29)20(14)19(28)8-15/h3,5-8,11-12,18,24,28H,2,4,10H2,1H3. The Hall–Kier alpha value is -3.63. The zero-order valence-electron chi connectivity index (χ0n) is 15.9. The van der Waals surface area contributed by atoms with Crippen molar-refractivity contribution in [2.45, 2.75) is 19.4 Å². The molecule has 3 aromatic heterocycles. The average molecular weight is 385 g/mol. The van der Waals surface area contributed by atoms with Crippen molar-refractivity contribution in [3.63, 3.8) is 0 Å². The summed E-state index contributed by atoms with van der Waals surface area (Å²) in [7, 11) is 0. The van der Waals surface area contributed by atoms with Gasteiger partial charge in [-0.25, -0.2) is 4.98 Å². The summed E-state index contributed by atoms with van der Waals surface area (Å²) < 4.78 is 3.52. The molecule has 1 aromatic carbocycles. The van der Waals surface area contributed by atoms with Crippen LogP contribution in [0.25, 0.3) is 27.5 Å². The third-order valence-electron chi connectivity index (χ3n) is 5.56. The highest BCUT2D eigenvalue weighted by Crippen LogP contribution is 2.31. The number of fused-ring (bicyclic) bond motifs is 2. The Morgan fingerprint density at radius 3 is 2.90 bits per heavy atom. The zero-order valence-corrected chi connectivity index (χ0v) is 15.9. The van der Waals surface area contributed by atoms with E-state index in [1.54, 1.807) is 22.9 Å². The van der Waals surface area contributed by atoms with Gasteiger partial charge < -0.3 is 19.4 Å². The van der Waals surface area contributed by atoms with Crippen molar-refractivity contribution in [2.75, 3.05) is 13.1 Å². The van der Waals surface area contributed by atoms with Gasteiger partial charge in [0, 0.05) is 25.1 Å². The predicted octanol–water partition coefficient (Wildman–Crippen LogP) is 2.74. The first-order valence-corrected chi connectivity index (χ1v) is 9.53. The Bertz CT molecular complexity index is 1370. The molecule has 0 bridgehead atoms. The topological polar surface area (TPSA) is 95.4 Å². The molecule has 4 aromatic rings. The summed E-state index contributed by atoms with van der Waals surface area (Å²) in [5.41, 5.74) is 3.21.